The molecule has 1 aromatic carbocycles. The van der Waals surface area contributed by atoms with Crippen molar-refractivity contribution in [3.8, 4) is 0 Å². The van der Waals surface area contributed by atoms with Gasteiger partial charge < -0.3 is 5.11 Å². The van der Waals surface area contributed by atoms with Crippen LogP contribution in [0.4, 0.5) is 0 Å². The number of nitrogens with zero attached hydrogens (tertiary/aromatic N) is 2. The van der Waals surface area contributed by atoms with Crippen molar-refractivity contribution in [2.75, 3.05) is 13.1 Å². The smallest absolute Gasteiger partial charge is 0.0594 e. The Bertz CT molecular complexity index is 610. The van der Waals surface area contributed by atoms with Gasteiger partial charge in [-0.15, -0.1) is 0 Å². The second-order valence-electron chi connectivity index (χ2n) is 7.27. The molecule has 0 unspecified atom stereocenters. The third-order valence-corrected chi connectivity index (χ3v) is 4.52. The van der Waals surface area contributed by atoms with Gasteiger partial charge in [0.15, 0.2) is 0 Å². The lowest BCUT2D eigenvalue weighted by Gasteiger charge is -2.39. The average Bonchev–Trinajstić information content (AvgIpc) is 2.50. The van der Waals surface area contributed by atoms with Gasteiger partial charge in [-0.25, -0.2) is 0 Å². The van der Waals surface area contributed by atoms with E-state index in [1.807, 2.05) is 26.1 Å². The predicted molar refractivity (Wildman–Crippen MR) is 93.3 cm³/mol. The number of pyridine rings is 1. The molecule has 1 aliphatic rings. The van der Waals surface area contributed by atoms with Crippen molar-refractivity contribution in [1.82, 2.24) is 9.88 Å². The van der Waals surface area contributed by atoms with Gasteiger partial charge in [0.2, 0.25) is 0 Å². The lowest BCUT2D eigenvalue weighted by Crippen LogP contribution is -2.44. The molecule has 23 heavy (non-hydrogen) atoms. The van der Waals surface area contributed by atoms with E-state index in [1.165, 1.54) is 16.8 Å². The molecule has 1 N–H and O–H groups in total. The number of aryl methyl sites for hydroxylation is 1. The fourth-order valence-corrected chi connectivity index (χ4v) is 3.02. The fourth-order valence-electron chi connectivity index (χ4n) is 3.02. The van der Waals surface area contributed by atoms with Gasteiger partial charge >= 0.3 is 0 Å². The molecule has 0 aliphatic carbocycles. The molecule has 1 saturated heterocycles. The molecule has 0 atom stereocenters. The summed E-state index contributed by atoms with van der Waals surface area (Å²) in [6.07, 6.45) is 3.60. The van der Waals surface area contributed by atoms with E-state index >= 15 is 0 Å². The second kappa shape index (κ2) is 6.81. The van der Waals surface area contributed by atoms with E-state index in [4.69, 9.17) is 0 Å². The van der Waals surface area contributed by atoms with Crippen LogP contribution in [0.3, 0.4) is 0 Å². The third-order valence-electron chi connectivity index (χ3n) is 4.52. The van der Waals surface area contributed by atoms with E-state index in [1.54, 1.807) is 0 Å². The Hall–Kier alpha value is -1.71. The number of likely N-dealkylation sites (tertiary alicyclic amines) is 1. The monoisotopic (exact) mass is 310 g/mol. The van der Waals surface area contributed by atoms with Crippen LogP contribution in [0.2, 0.25) is 0 Å². The molecule has 3 rings (SSSR count). The summed E-state index contributed by atoms with van der Waals surface area (Å²) >= 11 is 0. The zero-order chi connectivity index (χ0) is 16.3. The van der Waals surface area contributed by atoms with Crippen LogP contribution in [0.1, 0.15) is 43.0 Å². The lowest BCUT2D eigenvalue weighted by molar-refractivity contribution is 0.0714. The number of aliphatic hydroxyl groups is 1. The molecule has 2 aromatic rings. The Morgan fingerprint density at radius 1 is 1.09 bits per heavy atom. The Kier molecular flexibility index (Phi) is 4.79. The highest BCUT2D eigenvalue weighted by molar-refractivity contribution is 5.23. The lowest BCUT2D eigenvalue weighted by atomic mass is 9.94. The van der Waals surface area contributed by atoms with Gasteiger partial charge in [0, 0.05) is 37.4 Å². The van der Waals surface area contributed by atoms with Crippen molar-refractivity contribution >= 4 is 0 Å². The third kappa shape index (κ3) is 4.63. The molecule has 2 heterocycles. The standard InChI is InChI=1S/C20H26N2O/c1-20(2,23)11-10-16-6-8-17(9-7-16)13-22-14-18(15-22)19-5-3-4-12-21-19/h3-9,12,18,23H,10-11,13-15H2,1-2H3. The molecular weight excluding hydrogens is 284 g/mol. The highest BCUT2D eigenvalue weighted by Crippen LogP contribution is 2.26. The first kappa shape index (κ1) is 16.2. The molecule has 122 valence electrons. The van der Waals surface area contributed by atoms with Gasteiger partial charge in [-0.1, -0.05) is 30.3 Å². The van der Waals surface area contributed by atoms with Crippen LogP contribution in [0, 0.1) is 0 Å². The molecule has 0 bridgehead atoms. The average molecular weight is 310 g/mol. The minimum Gasteiger partial charge on any atom is -0.390 e. The number of hydrogen-bond acceptors (Lipinski definition) is 3. The Morgan fingerprint density at radius 2 is 1.78 bits per heavy atom. The van der Waals surface area contributed by atoms with Gasteiger partial charge in [0.25, 0.3) is 0 Å². The van der Waals surface area contributed by atoms with E-state index in [2.05, 4.69) is 46.3 Å². The summed E-state index contributed by atoms with van der Waals surface area (Å²) in [4.78, 5) is 6.91. The largest absolute Gasteiger partial charge is 0.390 e. The van der Waals surface area contributed by atoms with Gasteiger partial charge in [-0.05, 0) is 49.9 Å². The summed E-state index contributed by atoms with van der Waals surface area (Å²) in [5.41, 5.74) is 3.28. The van der Waals surface area contributed by atoms with Crippen molar-refractivity contribution in [1.29, 1.82) is 0 Å². The minimum absolute atomic E-state index is 0.585. The predicted octanol–water partition coefficient (Wildman–Crippen LogP) is 3.38. The van der Waals surface area contributed by atoms with Crippen LogP contribution in [-0.4, -0.2) is 33.7 Å². The SMILES string of the molecule is CC(C)(O)CCc1ccc(CN2CC(c3ccccn3)C2)cc1. The van der Waals surface area contributed by atoms with Crippen LogP contribution < -0.4 is 0 Å². The van der Waals surface area contributed by atoms with E-state index < -0.39 is 5.60 Å². The van der Waals surface area contributed by atoms with E-state index in [0.717, 1.165) is 32.5 Å². The summed E-state index contributed by atoms with van der Waals surface area (Å²) < 4.78 is 0. The first-order valence-electron chi connectivity index (χ1n) is 8.43. The minimum atomic E-state index is -0.587. The van der Waals surface area contributed by atoms with Crippen molar-refractivity contribution in [2.45, 2.75) is 44.8 Å². The molecule has 0 amide bonds. The maximum atomic E-state index is 9.80. The van der Waals surface area contributed by atoms with Crippen LogP contribution in [0.25, 0.3) is 0 Å². The molecular formula is C20H26N2O. The zero-order valence-corrected chi connectivity index (χ0v) is 14.1. The van der Waals surface area contributed by atoms with E-state index in [0.29, 0.717) is 5.92 Å². The number of hydrogen-bond donors (Lipinski definition) is 1. The quantitative estimate of drug-likeness (QED) is 0.888. The summed E-state index contributed by atoms with van der Waals surface area (Å²) in [7, 11) is 0. The first-order chi connectivity index (χ1) is 11.0. The van der Waals surface area contributed by atoms with E-state index in [-0.39, 0.29) is 0 Å². The zero-order valence-electron chi connectivity index (χ0n) is 14.1. The molecule has 0 spiro atoms. The Balaban J connectivity index is 1.47. The fraction of sp³-hybridized carbons (Fsp3) is 0.450. The van der Waals surface area contributed by atoms with Crippen molar-refractivity contribution < 1.29 is 5.11 Å². The van der Waals surface area contributed by atoms with Gasteiger partial charge in [-0.2, -0.15) is 0 Å². The van der Waals surface area contributed by atoms with Gasteiger partial charge in [0.1, 0.15) is 0 Å². The molecule has 1 aromatic heterocycles. The number of benzene rings is 1. The maximum absolute atomic E-state index is 9.80. The molecule has 3 heteroatoms. The topological polar surface area (TPSA) is 36.4 Å². The molecule has 0 saturated carbocycles. The van der Waals surface area contributed by atoms with Crippen molar-refractivity contribution in [3.05, 3.63) is 65.5 Å². The van der Waals surface area contributed by atoms with Crippen molar-refractivity contribution in [3.63, 3.8) is 0 Å². The summed E-state index contributed by atoms with van der Waals surface area (Å²) in [5, 5.41) is 9.80. The maximum Gasteiger partial charge on any atom is 0.0594 e. The van der Waals surface area contributed by atoms with Crippen LogP contribution in [0.5, 0.6) is 0 Å². The highest BCUT2D eigenvalue weighted by Gasteiger charge is 2.28. The number of aromatic nitrogens is 1. The summed E-state index contributed by atoms with van der Waals surface area (Å²) in [6.45, 7) is 6.93. The van der Waals surface area contributed by atoms with Crippen LogP contribution >= 0.6 is 0 Å². The Morgan fingerprint density at radius 3 is 2.39 bits per heavy atom. The molecule has 0 radical (unpaired) electrons. The molecule has 1 fully saturated rings. The van der Waals surface area contributed by atoms with Gasteiger partial charge in [-0.3, -0.25) is 9.88 Å². The van der Waals surface area contributed by atoms with Gasteiger partial charge in [0.05, 0.1) is 5.60 Å². The van der Waals surface area contributed by atoms with Crippen LogP contribution in [-0.2, 0) is 13.0 Å². The summed E-state index contributed by atoms with van der Waals surface area (Å²) in [6, 6.07) is 15.0. The van der Waals surface area contributed by atoms with Crippen LogP contribution in [0.15, 0.2) is 48.7 Å². The molecule has 3 nitrogen and oxygen atoms in total. The normalized spacial score (nSPS) is 16.3. The van der Waals surface area contributed by atoms with Crippen molar-refractivity contribution in [2.24, 2.45) is 0 Å². The highest BCUT2D eigenvalue weighted by atomic mass is 16.3. The summed E-state index contributed by atoms with van der Waals surface area (Å²) in [5.74, 6) is 0.585. The number of rotatable bonds is 6. The van der Waals surface area contributed by atoms with E-state index in [9.17, 15) is 5.11 Å². The first-order valence-corrected chi connectivity index (χ1v) is 8.43. The second-order valence-corrected chi connectivity index (χ2v) is 7.27. The molecule has 1 aliphatic heterocycles. The Labute approximate surface area is 139 Å².